The number of carbonyl (C=O) groups is 2. The van der Waals surface area contributed by atoms with Crippen molar-refractivity contribution in [3.05, 3.63) is 29.8 Å². The number of nitrogens with zero attached hydrogens (tertiary/aromatic N) is 2. The highest BCUT2D eigenvalue weighted by atomic mass is 16.5. The molecule has 2 rings (SSSR count). The third kappa shape index (κ3) is 4.54. The number of hydrogen-bond donors (Lipinski definition) is 1. The molecule has 0 spiro atoms. The topological polar surface area (TPSA) is 75.9 Å². The van der Waals surface area contributed by atoms with Crippen molar-refractivity contribution in [2.75, 3.05) is 46.4 Å². The van der Waals surface area contributed by atoms with Crippen LogP contribution in [0.25, 0.3) is 0 Å². The minimum atomic E-state index is -0.559. The monoisotopic (exact) mass is 291 g/mol. The Kier molecular flexibility index (Phi) is 5.30. The third-order valence-corrected chi connectivity index (χ3v) is 3.52. The number of rotatable bonds is 6. The van der Waals surface area contributed by atoms with Crippen LogP contribution >= 0.6 is 0 Å². The number of ether oxygens (including phenoxy) is 1. The predicted octanol–water partition coefficient (Wildman–Crippen LogP) is -0.0192. The Morgan fingerprint density at radius 2 is 1.86 bits per heavy atom. The van der Waals surface area contributed by atoms with E-state index < -0.39 is 5.91 Å². The van der Waals surface area contributed by atoms with E-state index in [0.29, 0.717) is 17.9 Å². The second kappa shape index (κ2) is 7.19. The average molecular weight is 291 g/mol. The molecule has 1 aliphatic rings. The summed E-state index contributed by atoms with van der Waals surface area (Å²) >= 11 is 0. The van der Waals surface area contributed by atoms with Crippen LogP contribution in [0.4, 0.5) is 0 Å². The molecular weight excluding hydrogens is 270 g/mol. The summed E-state index contributed by atoms with van der Waals surface area (Å²) in [6.07, 6.45) is 0. The maximum absolute atomic E-state index is 12.4. The molecule has 114 valence electrons. The van der Waals surface area contributed by atoms with E-state index in [1.165, 1.54) is 0 Å². The fourth-order valence-electron chi connectivity index (χ4n) is 2.27. The number of Topliss-reactive ketones (excluding diaryl/α,β-unsaturated/α-hetero) is 1. The number of para-hydroxylation sites is 1. The van der Waals surface area contributed by atoms with Gasteiger partial charge in [-0.2, -0.15) is 0 Å². The Morgan fingerprint density at radius 3 is 2.52 bits per heavy atom. The normalized spacial score (nSPS) is 16.6. The van der Waals surface area contributed by atoms with Crippen LogP contribution in [0.15, 0.2) is 24.3 Å². The smallest absolute Gasteiger partial charge is 0.255 e. The van der Waals surface area contributed by atoms with E-state index in [1.54, 1.807) is 24.3 Å². The fraction of sp³-hybridized carbons (Fsp3) is 0.467. The van der Waals surface area contributed by atoms with E-state index in [4.69, 9.17) is 10.5 Å². The molecular formula is C15H21N3O3. The summed E-state index contributed by atoms with van der Waals surface area (Å²) in [5.74, 6) is -0.147. The van der Waals surface area contributed by atoms with Crippen molar-refractivity contribution in [1.82, 2.24) is 9.80 Å². The van der Waals surface area contributed by atoms with Crippen LogP contribution < -0.4 is 10.5 Å². The molecule has 0 bridgehead atoms. The summed E-state index contributed by atoms with van der Waals surface area (Å²) in [6.45, 7) is 3.84. The largest absolute Gasteiger partial charge is 0.483 e. The fourth-order valence-corrected chi connectivity index (χ4v) is 2.27. The second-order valence-electron chi connectivity index (χ2n) is 5.25. The molecule has 1 amide bonds. The van der Waals surface area contributed by atoms with Gasteiger partial charge in [-0.3, -0.25) is 14.5 Å². The highest BCUT2D eigenvalue weighted by molar-refractivity contribution is 6.00. The first-order chi connectivity index (χ1) is 10.1. The first-order valence-electron chi connectivity index (χ1n) is 7.00. The van der Waals surface area contributed by atoms with Crippen LogP contribution in [-0.2, 0) is 4.79 Å². The van der Waals surface area contributed by atoms with Crippen LogP contribution in [-0.4, -0.2) is 67.9 Å². The van der Waals surface area contributed by atoms with Crippen molar-refractivity contribution < 1.29 is 14.3 Å². The molecule has 6 heteroatoms. The van der Waals surface area contributed by atoms with Crippen LogP contribution in [0.1, 0.15) is 10.4 Å². The predicted molar refractivity (Wildman–Crippen MR) is 79.4 cm³/mol. The maximum atomic E-state index is 12.4. The Hall–Kier alpha value is -1.92. The Morgan fingerprint density at radius 1 is 1.19 bits per heavy atom. The maximum Gasteiger partial charge on any atom is 0.255 e. The van der Waals surface area contributed by atoms with E-state index in [-0.39, 0.29) is 12.4 Å². The van der Waals surface area contributed by atoms with Gasteiger partial charge < -0.3 is 15.4 Å². The minimum Gasteiger partial charge on any atom is -0.483 e. The summed E-state index contributed by atoms with van der Waals surface area (Å²) in [5, 5.41) is 0. The zero-order valence-corrected chi connectivity index (χ0v) is 12.2. The van der Waals surface area contributed by atoms with Crippen LogP contribution in [0.5, 0.6) is 5.75 Å². The van der Waals surface area contributed by atoms with Gasteiger partial charge in [0.1, 0.15) is 5.75 Å². The molecule has 0 radical (unpaired) electrons. The molecule has 0 aromatic heterocycles. The van der Waals surface area contributed by atoms with Gasteiger partial charge in [0.2, 0.25) is 0 Å². The van der Waals surface area contributed by atoms with E-state index in [2.05, 4.69) is 16.8 Å². The molecule has 1 fully saturated rings. The van der Waals surface area contributed by atoms with Gasteiger partial charge in [-0.15, -0.1) is 0 Å². The summed E-state index contributed by atoms with van der Waals surface area (Å²) in [6, 6.07) is 6.95. The molecule has 6 nitrogen and oxygen atoms in total. The van der Waals surface area contributed by atoms with E-state index in [0.717, 1.165) is 26.2 Å². The van der Waals surface area contributed by atoms with Crippen LogP contribution in [0, 0.1) is 0 Å². The lowest BCUT2D eigenvalue weighted by molar-refractivity contribution is -0.119. The number of piperazine rings is 1. The zero-order valence-electron chi connectivity index (χ0n) is 12.2. The lowest BCUT2D eigenvalue weighted by atomic mass is 10.1. The van der Waals surface area contributed by atoms with E-state index in [1.807, 2.05) is 0 Å². The van der Waals surface area contributed by atoms with Gasteiger partial charge in [0.15, 0.2) is 12.4 Å². The Labute approximate surface area is 124 Å². The molecule has 2 N–H and O–H groups in total. The Balaban J connectivity index is 1.99. The second-order valence-corrected chi connectivity index (χ2v) is 5.25. The first-order valence-corrected chi connectivity index (χ1v) is 7.00. The molecule has 0 unspecified atom stereocenters. The number of hydrogen-bond acceptors (Lipinski definition) is 5. The highest BCUT2D eigenvalue weighted by Gasteiger charge is 2.19. The molecule has 1 aromatic rings. The zero-order chi connectivity index (χ0) is 15.2. The molecule has 0 saturated carbocycles. The molecule has 1 saturated heterocycles. The van der Waals surface area contributed by atoms with Crippen LogP contribution in [0.2, 0.25) is 0 Å². The number of benzene rings is 1. The van der Waals surface area contributed by atoms with Gasteiger partial charge in [-0.25, -0.2) is 0 Å². The van der Waals surface area contributed by atoms with Gasteiger partial charge in [-0.05, 0) is 19.2 Å². The molecule has 1 aromatic carbocycles. The molecule has 1 heterocycles. The molecule has 0 aliphatic carbocycles. The molecule has 21 heavy (non-hydrogen) atoms. The van der Waals surface area contributed by atoms with E-state index in [9.17, 15) is 9.59 Å². The highest BCUT2D eigenvalue weighted by Crippen LogP contribution is 2.19. The lowest BCUT2D eigenvalue weighted by Crippen LogP contribution is -2.46. The SMILES string of the molecule is CN1CCN(CC(=O)c2ccccc2OCC(N)=O)CC1. The van der Waals surface area contributed by atoms with Gasteiger partial charge in [0.25, 0.3) is 5.91 Å². The number of nitrogens with two attached hydrogens (primary N) is 1. The minimum absolute atomic E-state index is 0.000349. The van der Waals surface area contributed by atoms with Crippen molar-refractivity contribution in [2.45, 2.75) is 0 Å². The number of primary amides is 1. The lowest BCUT2D eigenvalue weighted by Gasteiger charge is -2.31. The average Bonchev–Trinajstić information content (AvgIpc) is 2.47. The van der Waals surface area contributed by atoms with Crippen molar-refractivity contribution in [3.8, 4) is 5.75 Å². The quantitative estimate of drug-likeness (QED) is 0.746. The standard InChI is InChI=1S/C15H21N3O3/c1-17-6-8-18(9-7-17)10-13(19)12-4-2-3-5-14(12)21-11-15(16)20/h2-5H,6-11H2,1H3,(H2,16,20). The number of ketones is 1. The summed E-state index contributed by atoms with van der Waals surface area (Å²) in [7, 11) is 2.08. The number of carbonyl (C=O) groups excluding carboxylic acids is 2. The Bertz CT molecular complexity index is 511. The van der Waals surface area contributed by atoms with Crippen molar-refractivity contribution >= 4 is 11.7 Å². The summed E-state index contributed by atoms with van der Waals surface area (Å²) < 4.78 is 5.30. The van der Waals surface area contributed by atoms with Gasteiger partial charge >= 0.3 is 0 Å². The number of likely N-dealkylation sites (N-methyl/N-ethyl adjacent to an activating group) is 1. The van der Waals surface area contributed by atoms with Crippen molar-refractivity contribution in [2.24, 2.45) is 5.73 Å². The van der Waals surface area contributed by atoms with Crippen LogP contribution in [0.3, 0.4) is 0 Å². The van der Waals surface area contributed by atoms with Gasteiger partial charge in [-0.1, -0.05) is 12.1 Å². The van der Waals surface area contributed by atoms with Gasteiger partial charge in [0, 0.05) is 26.2 Å². The number of amides is 1. The van der Waals surface area contributed by atoms with E-state index >= 15 is 0 Å². The first kappa shape index (κ1) is 15.5. The molecule has 1 aliphatic heterocycles. The van der Waals surface area contributed by atoms with Gasteiger partial charge in [0.05, 0.1) is 12.1 Å². The summed E-state index contributed by atoms with van der Waals surface area (Å²) in [5.41, 5.74) is 5.57. The third-order valence-electron chi connectivity index (χ3n) is 3.52. The molecule has 0 atom stereocenters. The van der Waals surface area contributed by atoms with Crippen molar-refractivity contribution in [3.63, 3.8) is 0 Å². The van der Waals surface area contributed by atoms with Crippen molar-refractivity contribution in [1.29, 1.82) is 0 Å². The summed E-state index contributed by atoms with van der Waals surface area (Å²) in [4.78, 5) is 27.6.